The molecule has 1 aromatic heterocycles. The van der Waals surface area contributed by atoms with Crippen LogP contribution in [0.5, 0.6) is 0 Å². The van der Waals surface area contributed by atoms with Gasteiger partial charge in [-0.2, -0.15) is 0 Å². The molecule has 3 rings (SSSR count). The highest BCUT2D eigenvalue weighted by Crippen LogP contribution is 2.27. The number of aliphatic hydroxyl groups is 1. The lowest BCUT2D eigenvalue weighted by Crippen LogP contribution is -2.40. The molecule has 1 amide bonds. The van der Waals surface area contributed by atoms with E-state index in [0.717, 1.165) is 18.0 Å². The quantitative estimate of drug-likeness (QED) is 0.718. The van der Waals surface area contributed by atoms with Crippen LogP contribution >= 0.6 is 12.4 Å². The molecule has 2 N–H and O–H groups in total. The Morgan fingerprint density at radius 3 is 2.64 bits per heavy atom. The fraction of sp³-hybridized carbons (Fsp3) is 0.421. The summed E-state index contributed by atoms with van der Waals surface area (Å²) in [4.78, 5) is 14.3. The maximum absolute atomic E-state index is 12.6. The van der Waals surface area contributed by atoms with Gasteiger partial charge < -0.3 is 19.7 Å². The van der Waals surface area contributed by atoms with Gasteiger partial charge in [0.15, 0.2) is 0 Å². The Morgan fingerprint density at radius 1 is 1.24 bits per heavy atom. The van der Waals surface area contributed by atoms with Crippen molar-refractivity contribution in [3.8, 4) is 0 Å². The van der Waals surface area contributed by atoms with Crippen molar-refractivity contribution in [2.45, 2.75) is 25.5 Å². The molecule has 6 heteroatoms. The van der Waals surface area contributed by atoms with E-state index in [1.165, 1.54) is 19.1 Å². The molecular weight excluding hydrogens is 340 g/mol. The zero-order chi connectivity index (χ0) is 16.8. The van der Waals surface area contributed by atoms with Crippen LogP contribution in [0, 0.1) is 5.92 Å². The second-order valence-corrected chi connectivity index (χ2v) is 6.37. The van der Waals surface area contributed by atoms with Gasteiger partial charge in [-0.25, -0.2) is 0 Å². The Kier molecular flexibility index (Phi) is 7.50. The third-order valence-electron chi connectivity index (χ3n) is 4.24. The number of aliphatic hydroxyl groups excluding tert-OH is 1. The average Bonchev–Trinajstić information content (AvgIpc) is 3.25. The van der Waals surface area contributed by atoms with Gasteiger partial charge in [0.05, 0.1) is 19.4 Å². The number of furan rings is 1. The lowest BCUT2D eigenvalue weighted by molar-refractivity contribution is -0.132. The highest BCUT2D eigenvalue weighted by molar-refractivity contribution is 5.85. The molecule has 1 saturated carbocycles. The second kappa shape index (κ2) is 9.61. The Labute approximate surface area is 154 Å². The summed E-state index contributed by atoms with van der Waals surface area (Å²) in [6.07, 6.45) is 3.22. The molecule has 136 valence electrons. The fourth-order valence-corrected chi connectivity index (χ4v) is 2.65. The van der Waals surface area contributed by atoms with Crippen molar-refractivity contribution in [3.05, 3.63) is 60.1 Å². The van der Waals surface area contributed by atoms with Crippen LogP contribution in [0.3, 0.4) is 0 Å². The number of amides is 1. The van der Waals surface area contributed by atoms with E-state index in [2.05, 4.69) is 5.32 Å². The number of rotatable bonds is 9. The molecule has 0 aliphatic heterocycles. The van der Waals surface area contributed by atoms with Crippen LogP contribution in [0.2, 0.25) is 0 Å². The van der Waals surface area contributed by atoms with Crippen molar-refractivity contribution in [2.24, 2.45) is 5.92 Å². The van der Waals surface area contributed by atoms with Gasteiger partial charge in [-0.15, -0.1) is 12.4 Å². The van der Waals surface area contributed by atoms with E-state index in [1.807, 2.05) is 30.3 Å². The molecule has 1 fully saturated rings. The first-order valence-corrected chi connectivity index (χ1v) is 8.46. The van der Waals surface area contributed by atoms with Gasteiger partial charge in [0.25, 0.3) is 0 Å². The smallest absolute Gasteiger partial charge is 0.236 e. The number of benzene rings is 1. The molecule has 5 nitrogen and oxygen atoms in total. The fourth-order valence-electron chi connectivity index (χ4n) is 2.65. The van der Waals surface area contributed by atoms with Crippen LogP contribution in [-0.2, 0) is 11.3 Å². The van der Waals surface area contributed by atoms with E-state index < -0.39 is 6.10 Å². The van der Waals surface area contributed by atoms with Crippen molar-refractivity contribution in [1.82, 2.24) is 10.2 Å². The predicted octanol–water partition coefficient (Wildman–Crippen LogP) is 2.76. The van der Waals surface area contributed by atoms with Crippen molar-refractivity contribution >= 4 is 18.3 Å². The number of halogens is 1. The Balaban J connectivity index is 0.00000225. The molecule has 0 bridgehead atoms. The van der Waals surface area contributed by atoms with Crippen molar-refractivity contribution in [2.75, 3.05) is 19.6 Å². The maximum atomic E-state index is 12.6. The standard InChI is InChI=1S/C19H24N2O3.ClH/c22-17(18-7-4-10-24-18)14-21(13-16-5-2-1-3-6-16)19(23)12-20-11-15-8-9-15;/h1-7,10,15,17,20,22H,8-9,11-14H2;1H. The van der Waals surface area contributed by atoms with Crippen molar-refractivity contribution in [1.29, 1.82) is 0 Å². The third-order valence-corrected chi connectivity index (χ3v) is 4.24. The molecule has 1 aliphatic carbocycles. The molecule has 1 aromatic carbocycles. The van der Waals surface area contributed by atoms with E-state index in [-0.39, 0.29) is 24.9 Å². The molecule has 0 saturated heterocycles. The third kappa shape index (κ3) is 6.20. The highest BCUT2D eigenvalue weighted by atomic mass is 35.5. The Hall–Kier alpha value is -1.82. The summed E-state index contributed by atoms with van der Waals surface area (Å²) in [5.74, 6) is 1.20. The summed E-state index contributed by atoms with van der Waals surface area (Å²) in [7, 11) is 0. The number of hydrogen-bond donors (Lipinski definition) is 2. The molecule has 0 spiro atoms. The molecule has 1 heterocycles. The zero-order valence-corrected chi connectivity index (χ0v) is 15.0. The lowest BCUT2D eigenvalue weighted by atomic mass is 10.2. The highest BCUT2D eigenvalue weighted by Gasteiger charge is 2.23. The number of carbonyl (C=O) groups is 1. The monoisotopic (exact) mass is 364 g/mol. The van der Waals surface area contributed by atoms with Gasteiger partial charge in [-0.05, 0) is 43.0 Å². The Morgan fingerprint density at radius 2 is 2.00 bits per heavy atom. The van der Waals surface area contributed by atoms with Crippen LogP contribution in [0.1, 0.15) is 30.3 Å². The van der Waals surface area contributed by atoms with Gasteiger partial charge >= 0.3 is 0 Å². The summed E-state index contributed by atoms with van der Waals surface area (Å²) in [6, 6.07) is 13.3. The van der Waals surface area contributed by atoms with E-state index in [9.17, 15) is 9.90 Å². The molecule has 2 aromatic rings. The Bertz CT molecular complexity index is 629. The predicted molar refractivity (Wildman–Crippen MR) is 98.4 cm³/mol. The van der Waals surface area contributed by atoms with Crippen LogP contribution in [-0.4, -0.2) is 35.5 Å². The summed E-state index contributed by atoms with van der Waals surface area (Å²) in [5.41, 5.74) is 1.04. The van der Waals surface area contributed by atoms with Gasteiger partial charge in [0.2, 0.25) is 5.91 Å². The minimum Gasteiger partial charge on any atom is -0.467 e. The number of nitrogens with one attached hydrogen (secondary N) is 1. The molecule has 1 aliphatic rings. The number of hydrogen-bond acceptors (Lipinski definition) is 4. The van der Waals surface area contributed by atoms with Crippen molar-refractivity contribution < 1.29 is 14.3 Å². The first-order valence-electron chi connectivity index (χ1n) is 8.46. The van der Waals surface area contributed by atoms with Crippen LogP contribution in [0.15, 0.2) is 53.1 Å². The van der Waals surface area contributed by atoms with Gasteiger partial charge in [0, 0.05) is 6.54 Å². The molecule has 0 radical (unpaired) electrons. The molecular formula is C19H25ClN2O3. The number of carbonyl (C=O) groups excluding carboxylic acids is 1. The summed E-state index contributed by atoms with van der Waals surface area (Å²) >= 11 is 0. The summed E-state index contributed by atoms with van der Waals surface area (Å²) < 4.78 is 5.24. The molecule has 25 heavy (non-hydrogen) atoms. The van der Waals surface area contributed by atoms with Crippen molar-refractivity contribution in [3.63, 3.8) is 0 Å². The van der Waals surface area contributed by atoms with E-state index >= 15 is 0 Å². The van der Waals surface area contributed by atoms with E-state index in [4.69, 9.17) is 4.42 Å². The zero-order valence-electron chi connectivity index (χ0n) is 14.1. The normalized spacial score (nSPS) is 14.6. The summed E-state index contributed by atoms with van der Waals surface area (Å²) in [6.45, 7) is 1.88. The van der Waals surface area contributed by atoms with Gasteiger partial charge in [-0.1, -0.05) is 30.3 Å². The first kappa shape index (κ1) is 19.5. The lowest BCUT2D eigenvalue weighted by Gasteiger charge is -2.25. The van der Waals surface area contributed by atoms with Crippen LogP contribution in [0.25, 0.3) is 0 Å². The molecule has 1 atom stereocenters. The first-order chi connectivity index (χ1) is 11.7. The summed E-state index contributed by atoms with van der Waals surface area (Å²) in [5, 5.41) is 13.5. The average molecular weight is 365 g/mol. The maximum Gasteiger partial charge on any atom is 0.236 e. The van der Waals surface area contributed by atoms with E-state index in [1.54, 1.807) is 17.0 Å². The van der Waals surface area contributed by atoms with Gasteiger partial charge in [-0.3, -0.25) is 4.79 Å². The van der Waals surface area contributed by atoms with Crippen LogP contribution in [0.4, 0.5) is 0 Å². The minimum absolute atomic E-state index is 0. The second-order valence-electron chi connectivity index (χ2n) is 6.37. The largest absolute Gasteiger partial charge is 0.467 e. The minimum atomic E-state index is -0.823. The molecule has 1 unspecified atom stereocenters. The topological polar surface area (TPSA) is 65.7 Å². The van der Waals surface area contributed by atoms with Crippen LogP contribution < -0.4 is 5.32 Å². The number of nitrogens with zero attached hydrogens (tertiary/aromatic N) is 1. The van der Waals surface area contributed by atoms with Gasteiger partial charge in [0.1, 0.15) is 11.9 Å². The van der Waals surface area contributed by atoms with E-state index in [0.29, 0.717) is 18.8 Å². The SMILES string of the molecule is Cl.O=C(CNCC1CC1)N(Cc1ccccc1)CC(O)c1ccco1.